The lowest BCUT2D eigenvalue weighted by Crippen LogP contribution is -2.27. The van der Waals surface area contributed by atoms with Gasteiger partial charge in [-0.1, -0.05) is 31.4 Å². The minimum Gasteiger partial charge on any atom is -0.478 e. The highest BCUT2D eigenvalue weighted by Crippen LogP contribution is 2.29. The summed E-state index contributed by atoms with van der Waals surface area (Å²) in [5.41, 5.74) is -0.0381. The van der Waals surface area contributed by atoms with Crippen LogP contribution < -0.4 is 10.0 Å². The molecule has 0 spiro atoms. The molecule has 28 heavy (non-hydrogen) atoms. The van der Waals surface area contributed by atoms with Gasteiger partial charge in [0.05, 0.1) is 29.1 Å². The third kappa shape index (κ3) is 6.23. The number of halogens is 1. The lowest BCUT2D eigenvalue weighted by Gasteiger charge is -2.14. The molecule has 1 heterocycles. The van der Waals surface area contributed by atoms with Crippen LogP contribution in [-0.2, 0) is 21.3 Å². The first-order valence-electron chi connectivity index (χ1n) is 8.75. The fraction of sp³-hybridized carbons (Fsp3) is 0.389. The fourth-order valence-electron chi connectivity index (χ4n) is 2.40. The number of rotatable bonds is 12. The molecule has 0 atom stereocenters. The lowest BCUT2D eigenvalue weighted by molar-refractivity contribution is 0.0697. The molecule has 0 saturated heterocycles. The van der Waals surface area contributed by atoms with Crippen molar-refractivity contribution < 1.29 is 27.5 Å². The van der Waals surface area contributed by atoms with Crippen molar-refractivity contribution >= 4 is 33.3 Å². The Labute approximate surface area is 168 Å². The molecule has 0 aliphatic carbocycles. The van der Waals surface area contributed by atoms with Gasteiger partial charge in [0.1, 0.15) is 17.4 Å². The predicted molar refractivity (Wildman–Crippen MR) is 105 cm³/mol. The summed E-state index contributed by atoms with van der Waals surface area (Å²) in [6.45, 7) is 2.49. The summed E-state index contributed by atoms with van der Waals surface area (Å²) in [5, 5.41) is 12.2. The smallest absolute Gasteiger partial charge is 0.337 e. The molecule has 2 rings (SSSR count). The molecule has 1 aromatic carbocycles. The van der Waals surface area contributed by atoms with Gasteiger partial charge in [-0.2, -0.15) is 4.72 Å². The van der Waals surface area contributed by atoms with Crippen LogP contribution >= 0.6 is 11.6 Å². The van der Waals surface area contributed by atoms with Gasteiger partial charge in [-0.15, -0.1) is 0 Å². The normalized spacial score (nSPS) is 11.5. The van der Waals surface area contributed by atoms with Gasteiger partial charge in [0.2, 0.25) is 10.0 Å². The number of benzene rings is 1. The number of unbranched alkanes of at least 4 members (excludes halogenated alkanes) is 2. The van der Waals surface area contributed by atoms with Crippen LogP contribution in [-0.4, -0.2) is 32.8 Å². The number of hydrogen-bond donors (Lipinski definition) is 3. The van der Waals surface area contributed by atoms with Crippen LogP contribution in [0.2, 0.25) is 5.02 Å². The van der Waals surface area contributed by atoms with Gasteiger partial charge in [0, 0.05) is 6.61 Å². The molecule has 0 saturated carbocycles. The van der Waals surface area contributed by atoms with Crippen molar-refractivity contribution in [3.05, 3.63) is 46.9 Å². The molecule has 3 N–H and O–H groups in total. The van der Waals surface area contributed by atoms with E-state index in [1.54, 1.807) is 12.1 Å². The fourth-order valence-corrected chi connectivity index (χ4v) is 3.85. The molecule has 1 aromatic heterocycles. The molecule has 0 aliphatic rings. The number of anilines is 1. The minimum absolute atomic E-state index is 0.106. The molecule has 0 amide bonds. The average Bonchev–Trinajstić information content (AvgIpc) is 3.16. The summed E-state index contributed by atoms with van der Waals surface area (Å²) >= 11 is 6.12. The van der Waals surface area contributed by atoms with Crippen molar-refractivity contribution in [3.8, 4) is 0 Å². The van der Waals surface area contributed by atoms with Crippen LogP contribution in [0, 0.1) is 0 Å². The maximum absolute atomic E-state index is 12.5. The van der Waals surface area contributed by atoms with Gasteiger partial charge in [-0.3, -0.25) is 0 Å². The molecule has 0 fully saturated rings. The largest absolute Gasteiger partial charge is 0.478 e. The average molecular weight is 431 g/mol. The van der Waals surface area contributed by atoms with E-state index in [0.29, 0.717) is 12.4 Å². The van der Waals surface area contributed by atoms with Gasteiger partial charge >= 0.3 is 5.97 Å². The molecular weight excluding hydrogens is 408 g/mol. The van der Waals surface area contributed by atoms with E-state index >= 15 is 0 Å². The molecule has 0 aliphatic heterocycles. The molecule has 0 bridgehead atoms. The van der Waals surface area contributed by atoms with Gasteiger partial charge in [-0.05, 0) is 30.7 Å². The molecule has 154 valence electrons. The lowest BCUT2D eigenvalue weighted by atomic mass is 10.1. The summed E-state index contributed by atoms with van der Waals surface area (Å²) in [4.78, 5) is 11.3. The Morgan fingerprint density at radius 2 is 2.11 bits per heavy atom. The Morgan fingerprint density at radius 3 is 2.75 bits per heavy atom. The quantitative estimate of drug-likeness (QED) is 0.347. The second-order valence-electron chi connectivity index (χ2n) is 5.97. The van der Waals surface area contributed by atoms with Crippen LogP contribution in [0.3, 0.4) is 0 Å². The zero-order valence-electron chi connectivity index (χ0n) is 15.4. The van der Waals surface area contributed by atoms with Crippen molar-refractivity contribution in [3.63, 3.8) is 0 Å². The Kier molecular flexibility index (Phi) is 8.31. The monoisotopic (exact) mass is 430 g/mol. The van der Waals surface area contributed by atoms with E-state index in [4.69, 9.17) is 20.8 Å². The van der Waals surface area contributed by atoms with E-state index in [1.807, 2.05) is 0 Å². The predicted octanol–water partition coefficient (Wildman–Crippen LogP) is 3.69. The van der Waals surface area contributed by atoms with Gasteiger partial charge < -0.3 is 19.6 Å². The number of hydrogen-bond acceptors (Lipinski definition) is 6. The van der Waals surface area contributed by atoms with E-state index in [-0.39, 0.29) is 34.4 Å². The van der Waals surface area contributed by atoms with Crippen molar-refractivity contribution in [2.45, 2.75) is 37.6 Å². The summed E-state index contributed by atoms with van der Waals surface area (Å²) < 4.78 is 37.6. The van der Waals surface area contributed by atoms with Crippen LogP contribution in [0.1, 0.15) is 42.3 Å². The summed E-state index contributed by atoms with van der Waals surface area (Å²) in [6.07, 6.45) is 4.35. The topological polar surface area (TPSA) is 118 Å². The number of furan rings is 1. The number of carboxylic acid groups (broad SMARTS) is 1. The summed E-state index contributed by atoms with van der Waals surface area (Å²) in [5.74, 6) is -0.697. The van der Waals surface area contributed by atoms with Gasteiger partial charge in [0.15, 0.2) is 0 Å². The van der Waals surface area contributed by atoms with Crippen LogP contribution in [0.4, 0.5) is 5.69 Å². The van der Waals surface area contributed by atoms with Crippen molar-refractivity contribution in [1.29, 1.82) is 0 Å². The number of carboxylic acids is 1. The highest BCUT2D eigenvalue weighted by molar-refractivity contribution is 7.89. The first-order valence-corrected chi connectivity index (χ1v) is 10.6. The van der Waals surface area contributed by atoms with Crippen LogP contribution in [0.25, 0.3) is 0 Å². The number of sulfonamides is 1. The maximum atomic E-state index is 12.5. The van der Waals surface area contributed by atoms with Gasteiger partial charge in [-0.25, -0.2) is 13.2 Å². The Hall–Kier alpha value is -2.07. The van der Waals surface area contributed by atoms with Crippen molar-refractivity contribution in [1.82, 2.24) is 4.72 Å². The SMILES string of the molecule is CCCCCOCNS(=O)(=O)c1cc(C(=O)O)c(NCc2ccco2)cc1Cl. The molecule has 10 heteroatoms. The number of nitrogens with one attached hydrogen (secondary N) is 2. The molecule has 0 unspecified atom stereocenters. The zero-order valence-corrected chi connectivity index (χ0v) is 17.0. The first kappa shape index (κ1) is 22.2. The molecule has 2 aromatic rings. The van der Waals surface area contributed by atoms with Gasteiger partial charge in [0.25, 0.3) is 0 Å². The first-order chi connectivity index (χ1) is 13.3. The third-order valence-electron chi connectivity index (χ3n) is 3.87. The van der Waals surface area contributed by atoms with E-state index in [2.05, 4.69) is 17.0 Å². The van der Waals surface area contributed by atoms with E-state index in [1.165, 1.54) is 12.3 Å². The van der Waals surface area contributed by atoms with Crippen molar-refractivity contribution in [2.75, 3.05) is 18.7 Å². The Bertz CT molecular complexity index is 884. The second-order valence-corrected chi connectivity index (χ2v) is 8.12. The highest BCUT2D eigenvalue weighted by Gasteiger charge is 2.23. The zero-order chi connectivity index (χ0) is 20.6. The second kappa shape index (κ2) is 10.5. The minimum atomic E-state index is -4.03. The maximum Gasteiger partial charge on any atom is 0.337 e. The number of ether oxygens (including phenoxy) is 1. The summed E-state index contributed by atoms with van der Waals surface area (Å²) in [7, 11) is -4.03. The standard InChI is InChI=1S/C18H23ClN2O6S/c1-2-3-4-7-26-12-21-28(24,25)17-9-14(18(22)23)16(10-15(17)19)20-11-13-6-5-8-27-13/h5-6,8-10,20-21H,2-4,7,11-12H2,1H3,(H,22,23). The third-order valence-corrected chi connectivity index (χ3v) is 5.71. The van der Waals surface area contributed by atoms with E-state index in [0.717, 1.165) is 25.3 Å². The summed E-state index contributed by atoms with van der Waals surface area (Å²) in [6, 6.07) is 5.71. The molecular formula is C18H23ClN2O6S. The van der Waals surface area contributed by atoms with Crippen LogP contribution in [0.15, 0.2) is 39.8 Å². The molecule has 8 nitrogen and oxygen atoms in total. The highest BCUT2D eigenvalue weighted by atomic mass is 35.5. The Balaban J connectivity index is 2.13. The number of aromatic carboxylic acids is 1. The Morgan fingerprint density at radius 1 is 1.32 bits per heavy atom. The van der Waals surface area contributed by atoms with Crippen molar-refractivity contribution in [2.24, 2.45) is 0 Å². The molecule has 0 radical (unpaired) electrons. The number of carbonyl (C=O) groups is 1. The van der Waals surface area contributed by atoms with Crippen LogP contribution in [0.5, 0.6) is 0 Å². The van der Waals surface area contributed by atoms with E-state index in [9.17, 15) is 18.3 Å². The van der Waals surface area contributed by atoms with E-state index < -0.39 is 16.0 Å².